The second kappa shape index (κ2) is 12.6. The maximum atomic E-state index is 13.6. The Hall–Kier alpha value is -1.03. The van der Waals surface area contributed by atoms with E-state index in [1.807, 2.05) is 33.3 Å². The highest BCUT2D eigenvalue weighted by Gasteiger charge is 2.42. The monoisotopic (exact) mass is 536 g/mol. The van der Waals surface area contributed by atoms with Crippen LogP contribution in [0.4, 0.5) is 4.39 Å². The average molecular weight is 536 g/mol. The highest BCUT2D eigenvalue weighted by molar-refractivity contribution is 14.0. The summed E-state index contributed by atoms with van der Waals surface area (Å²) in [6.45, 7) is 3.81. The van der Waals surface area contributed by atoms with E-state index in [4.69, 9.17) is 4.99 Å². The molecule has 2 N–H and O–H groups in total. The van der Waals surface area contributed by atoms with Crippen LogP contribution < -0.4 is 10.6 Å². The van der Waals surface area contributed by atoms with Gasteiger partial charge < -0.3 is 15.5 Å². The van der Waals surface area contributed by atoms with Gasteiger partial charge in [-0.05, 0) is 49.3 Å². The van der Waals surface area contributed by atoms with Crippen molar-refractivity contribution in [2.45, 2.75) is 44.9 Å². The minimum Gasteiger partial charge on any atom is -0.357 e. The summed E-state index contributed by atoms with van der Waals surface area (Å²) in [6, 6.07) is 4.88. The number of amides is 1. The molecule has 1 fully saturated rings. The van der Waals surface area contributed by atoms with E-state index in [9.17, 15) is 9.18 Å². The normalized spacial score (nSPS) is 15.6. The van der Waals surface area contributed by atoms with Crippen molar-refractivity contribution in [1.82, 2.24) is 15.5 Å². The third kappa shape index (κ3) is 7.31. The van der Waals surface area contributed by atoms with Crippen molar-refractivity contribution in [2.75, 3.05) is 33.4 Å². The summed E-state index contributed by atoms with van der Waals surface area (Å²) < 4.78 is 13.6. The summed E-state index contributed by atoms with van der Waals surface area (Å²) >= 11 is 1.67. The largest absolute Gasteiger partial charge is 0.357 e. The smallest absolute Gasteiger partial charge is 0.230 e. The highest BCUT2D eigenvalue weighted by Crippen LogP contribution is 2.38. The molecule has 0 radical (unpaired) electrons. The van der Waals surface area contributed by atoms with Gasteiger partial charge >= 0.3 is 0 Å². The molecular formula is C21H34FIN4OS. The van der Waals surface area contributed by atoms with Gasteiger partial charge in [-0.2, -0.15) is 11.8 Å². The van der Waals surface area contributed by atoms with E-state index in [1.54, 1.807) is 22.7 Å². The van der Waals surface area contributed by atoms with Crippen molar-refractivity contribution < 1.29 is 9.18 Å². The number of nitrogens with zero attached hydrogens (tertiary/aromatic N) is 2. The molecule has 2 rings (SSSR count). The van der Waals surface area contributed by atoms with Crippen LogP contribution in [0.5, 0.6) is 0 Å². The summed E-state index contributed by atoms with van der Waals surface area (Å²) in [5.74, 6) is 1.42. The summed E-state index contributed by atoms with van der Waals surface area (Å²) in [5, 5.41) is 6.64. The number of aliphatic imine (C=N–C) groups is 1. The third-order valence-corrected chi connectivity index (χ3v) is 5.83. The molecule has 5 nitrogen and oxygen atoms in total. The molecule has 0 bridgehead atoms. The summed E-state index contributed by atoms with van der Waals surface area (Å²) in [5.41, 5.74) is 1.65. The molecule has 29 heavy (non-hydrogen) atoms. The molecule has 0 aliphatic heterocycles. The topological polar surface area (TPSA) is 56.7 Å². The molecule has 0 atom stereocenters. The van der Waals surface area contributed by atoms with Crippen LogP contribution >= 0.6 is 35.7 Å². The van der Waals surface area contributed by atoms with Gasteiger partial charge in [0.1, 0.15) is 5.82 Å². The Morgan fingerprint density at radius 2 is 1.93 bits per heavy atom. The fraction of sp³-hybridized carbons (Fsp3) is 0.619. The van der Waals surface area contributed by atoms with E-state index in [0.29, 0.717) is 19.0 Å². The van der Waals surface area contributed by atoms with E-state index < -0.39 is 0 Å². The van der Waals surface area contributed by atoms with Crippen molar-refractivity contribution in [2.24, 2.45) is 10.4 Å². The number of hydrogen-bond acceptors (Lipinski definition) is 3. The van der Waals surface area contributed by atoms with Crippen LogP contribution in [0.1, 0.15) is 43.7 Å². The summed E-state index contributed by atoms with van der Waals surface area (Å²) in [6.07, 6.45) is 6.00. The van der Waals surface area contributed by atoms with Crippen LogP contribution in [-0.2, 0) is 17.1 Å². The Morgan fingerprint density at radius 3 is 2.52 bits per heavy atom. The van der Waals surface area contributed by atoms with Gasteiger partial charge in [-0.1, -0.05) is 18.9 Å². The van der Waals surface area contributed by atoms with Crippen LogP contribution in [0.25, 0.3) is 0 Å². The zero-order valence-electron chi connectivity index (χ0n) is 17.9. The van der Waals surface area contributed by atoms with Crippen molar-refractivity contribution in [3.05, 3.63) is 35.1 Å². The third-order valence-electron chi connectivity index (χ3n) is 5.23. The van der Waals surface area contributed by atoms with Crippen molar-refractivity contribution in [1.29, 1.82) is 0 Å². The number of rotatable bonds is 8. The highest BCUT2D eigenvalue weighted by atomic mass is 127. The number of hydrogen-bond donors (Lipinski definition) is 2. The maximum absolute atomic E-state index is 13.6. The van der Waals surface area contributed by atoms with Gasteiger partial charge in [0.25, 0.3) is 0 Å². The number of halogens is 2. The second-order valence-electron chi connectivity index (χ2n) is 7.58. The average Bonchev–Trinajstić information content (AvgIpc) is 3.15. The molecule has 1 aromatic carbocycles. The van der Waals surface area contributed by atoms with E-state index in [0.717, 1.165) is 49.1 Å². The van der Waals surface area contributed by atoms with Crippen LogP contribution in [-0.4, -0.2) is 50.2 Å². The summed E-state index contributed by atoms with van der Waals surface area (Å²) in [7, 11) is 3.65. The molecule has 0 unspecified atom stereocenters. The lowest BCUT2D eigenvalue weighted by molar-refractivity contribution is -0.138. The van der Waals surface area contributed by atoms with Crippen LogP contribution in [0, 0.1) is 11.2 Å². The first-order valence-electron chi connectivity index (χ1n) is 9.92. The van der Waals surface area contributed by atoms with Gasteiger partial charge in [0, 0.05) is 32.9 Å². The van der Waals surface area contributed by atoms with Gasteiger partial charge in [0.05, 0.1) is 12.0 Å². The maximum Gasteiger partial charge on any atom is 0.230 e. The number of thioether (sulfide) groups is 1. The predicted octanol–water partition coefficient (Wildman–Crippen LogP) is 4.01. The standard InChI is InChI=1S/C21H33FN4OS.HI/c1-5-23-20(24-13-16-8-9-18(22)12-17(16)14-28-4)25-15-21(10-6-7-11-21)19(27)26(2)3;/h8-9,12H,5-7,10-11,13-15H2,1-4H3,(H2,23,24,25);1H. The molecule has 1 amide bonds. The zero-order valence-corrected chi connectivity index (χ0v) is 21.0. The lowest BCUT2D eigenvalue weighted by Gasteiger charge is -2.31. The Kier molecular flexibility index (Phi) is 11.3. The second-order valence-corrected chi connectivity index (χ2v) is 8.45. The zero-order chi connectivity index (χ0) is 20.6. The van der Waals surface area contributed by atoms with Crippen LogP contribution in [0.3, 0.4) is 0 Å². The Labute approximate surface area is 195 Å². The molecule has 8 heteroatoms. The fourth-order valence-electron chi connectivity index (χ4n) is 3.79. The number of carbonyl (C=O) groups is 1. The van der Waals surface area contributed by atoms with E-state index >= 15 is 0 Å². The fourth-order valence-corrected chi connectivity index (χ4v) is 4.37. The predicted molar refractivity (Wildman–Crippen MR) is 131 cm³/mol. The van der Waals surface area contributed by atoms with Gasteiger partial charge in [0.15, 0.2) is 5.96 Å². The quantitative estimate of drug-likeness (QED) is 0.300. The van der Waals surface area contributed by atoms with Gasteiger partial charge in [0.2, 0.25) is 5.91 Å². The molecule has 0 aromatic heterocycles. The first-order valence-corrected chi connectivity index (χ1v) is 11.3. The molecule has 0 spiro atoms. The van der Waals surface area contributed by atoms with Crippen molar-refractivity contribution in [3.63, 3.8) is 0 Å². The van der Waals surface area contributed by atoms with Crippen molar-refractivity contribution >= 4 is 47.6 Å². The molecular weight excluding hydrogens is 502 g/mol. The Morgan fingerprint density at radius 1 is 1.24 bits per heavy atom. The van der Waals surface area contributed by atoms with E-state index in [2.05, 4.69) is 10.6 Å². The molecule has 1 aromatic rings. The molecule has 1 saturated carbocycles. The molecule has 1 aliphatic rings. The first-order chi connectivity index (χ1) is 13.4. The van der Waals surface area contributed by atoms with Crippen LogP contribution in [0.15, 0.2) is 23.2 Å². The lowest BCUT2D eigenvalue weighted by Crippen LogP contribution is -2.49. The molecule has 164 valence electrons. The number of nitrogens with one attached hydrogen (secondary N) is 2. The number of guanidine groups is 1. The molecule has 0 saturated heterocycles. The van der Waals surface area contributed by atoms with E-state index in [1.165, 1.54) is 6.07 Å². The Bertz CT molecular complexity index is 693. The van der Waals surface area contributed by atoms with Gasteiger partial charge in [-0.25, -0.2) is 9.38 Å². The first kappa shape index (κ1) is 26.0. The van der Waals surface area contributed by atoms with Crippen LogP contribution in [0.2, 0.25) is 0 Å². The number of benzene rings is 1. The minimum atomic E-state index is -0.348. The lowest BCUT2D eigenvalue weighted by atomic mass is 9.84. The summed E-state index contributed by atoms with van der Waals surface area (Å²) in [4.78, 5) is 19.1. The van der Waals surface area contributed by atoms with Gasteiger partial charge in [-0.15, -0.1) is 24.0 Å². The minimum absolute atomic E-state index is 0. The van der Waals surface area contributed by atoms with E-state index in [-0.39, 0.29) is 41.1 Å². The van der Waals surface area contributed by atoms with Gasteiger partial charge in [-0.3, -0.25) is 4.79 Å². The molecule has 1 aliphatic carbocycles. The Balaban J connectivity index is 0.00000420. The molecule has 0 heterocycles. The SMILES string of the molecule is CCNC(=NCc1ccc(F)cc1CSC)NCC1(C(=O)N(C)C)CCCC1.I. The number of carbonyl (C=O) groups excluding carboxylic acids is 1. The van der Waals surface area contributed by atoms with Crippen molar-refractivity contribution in [3.8, 4) is 0 Å².